The van der Waals surface area contributed by atoms with Crippen molar-refractivity contribution in [3.05, 3.63) is 212 Å². The molecule has 4 aromatic carbocycles. The van der Waals surface area contributed by atoms with Gasteiger partial charge >= 0.3 is 6.18 Å². The zero-order valence-corrected chi connectivity index (χ0v) is 34.7. The Hall–Kier alpha value is -8.54. The van der Waals surface area contributed by atoms with Crippen LogP contribution in [0.4, 0.5) is 49.6 Å². The monoisotopic (exact) mass is 910 g/mol. The molecule has 12 nitrogen and oxygen atoms in total. The summed E-state index contributed by atoms with van der Waals surface area (Å²) in [7, 11) is 0. The molecule has 0 spiro atoms. The Balaban J connectivity index is 0.000000169. The van der Waals surface area contributed by atoms with E-state index in [4.69, 9.17) is 0 Å². The molecule has 0 amide bonds. The molecule has 18 heteroatoms. The lowest BCUT2D eigenvalue weighted by atomic mass is 10.0. The summed E-state index contributed by atoms with van der Waals surface area (Å²) in [6, 6.07) is 28.4. The molecule has 0 saturated heterocycles. The molecule has 0 fully saturated rings. The number of para-hydroxylation sites is 2. The van der Waals surface area contributed by atoms with Crippen LogP contribution in [0.3, 0.4) is 0 Å². The molecule has 67 heavy (non-hydrogen) atoms. The topological polar surface area (TPSA) is 136 Å². The number of Topliss-reactive ketones (excluding diaryl/α,β-unsaturated/α-hetero) is 2. The van der Waals surface area contributed by atoms with Crippen LogP contribution in [0.1, 0.15) is 37.4 Å². The molecule has 10 rings (SSSR count). The van der Waals surface area contributed by atoms with Gasteiger partial charge in [-0.15, -0.1) is 0 Å². The minimum Gasteiger partial charge on any atom is -0.304 e. The van der Waals surface area contributed by atoms with Gasteiger partial charge in [0.1, 0.15) is 17.5 Å². The van der Waals surface area contributed by atoms with E-state index in [1.165, 1.54) is 26.2 Å². The van der Waals surface area contributed by atoms with Crippen LogP contribution >= 0.6 is 0 Å². The number of ketones is 2. The van der Waals surface area contributed by atoms with Crippen molar-refractivity contribution in [2.24, 2.45) is 0 Å². The molecule has 4 aromatic heterocycles. The van der Waals surface area contributed by atoms with Crippen molar-refractivity contribution in [3.63, 3.8) is 0 Å². The van der Waals surface area contributed by atoms with E-state index >= 15 is 0 Å². The maximum atomic E-state index is 13.9. The van der Waals surface area contributed by atoms with Crippen LogP contribution in [-0.4, -0.2) is 53.7 Å². The van der Waals surface area contributed by atoms with E-state index in [1.807, 2.05) is 24.3 Å². The number of rotatable bonds is 8. The molecule has 0 unspecified atom stereocenters. The van der Waals surface area contributed by atoms with Crippen molar-refractivity contribution in [1.29, 1.82) is 0 Å². The molecule has 0 N–H and O–H groups in total. The summed E-state index contributed by atoms with van der Waals surface area (Å²) in [4.78, 5) is 72.3. The number of hydrogen-bond donors (Lipinski definition) is 0. The van der Waals surface area contributed by atoms with Crippen molar-refractivity contribution in [1.82, 2.24) is 29.1 Å². The third kappa shape index (κ3) is 9.09. The number of carbonyl (C=O) groups is 2. The van der Waals surface area contributed by atoms with E-state index in [9.17, 15) is 45.5 Å². The molecule has 0 aliphatic carbocycles. The minimum absolute atomic E-state index is 0.0928. The third-order valence-corrected chi connectivity index (χ3v) is 11.0. The van der Waals surface area contributed by atoms with E-state index in [0.29, 0.717) is 58.6 Å². The summed E-state index contributed by atoms with van der Waals surface area (Å²) < 4.78 is 83.7. The Labute approximate surface area is 375 Å². The standard InChI is InChI=1S/C25H16F4N4O2.C24H16F2N4O2/c26-19-10-17(9-18(11-19)25(27,28)29)22(34)14-32-21-4-2-1-3-16(21)13-33-23(35)12-20(31-24(32)33)15-5-7-30-8-6-15;25-18-9-17(10-19(26)11-18)22(31)14-29-21-4-2-1-3-16(21)13-30-23(32)12-20(28-24(29)30)15-5-7-27-8-6-15/h1-12H,13-14H2;1-12H,13-14H2. The molecule has 0 saturated carbocycles. The zero-order valence-electron chi connectivity index (χ0n) is 34.7. The summed E-state index contributed by atoms with van der Waals surface area (Å²) >= 11 is 0. The van der Waals surface area contributed by atoms with Crippen LogP contribution in [0.25, 0.3) is 22.5 Å². The number of alkyl halides is 3. The first-order valence-corrected chi connectivity index (χ1v) is 20.4. The lowest BCUT2D eigenvalue weighted by Crippen LogP contribution is -2.37. The average Bonchev–Trinajstić information content (AvgIpc) is 3.31. The highest BCUT2D eigenvalue weighted by Crippen LogP contribution is 2.36. The van der Waals surface area contributed by atoms with Gasteiger partial charge in [0.15, 0.2) is 11.6 Å². The molecule has 2 aliphatic rings. The molecule has 0 atom stereocenters. The molecule has 0 bridgehead atoms. The summed E-state index contributed by atoms with van der Waals surface area (Å²) in [6.45, 7) is -0.194. The Morgan fingerprint density at radius 2 is 0.925 bits per heavy atom. The number of halogens is 6. The van der Waals surface area contributed by atoms with Crippen molar-refractivity contribution in [2.45, 2.75) is 19.3 Å². The molecule has 0 radical (unpaired) electrons. The Kier molecular flexibility index (Phi) is 11.6. The minimum atomic E-state index is -4.81. The molecule has 8 aromatic rings. The quantitative estimate of drug-likeness (QED) is 0.108. The summed E-state index contributed by atoms with van der Waals surface area (Å²) in [5.41, 5.74) is 2.56. The Morgan fingerprint density at radius 1 is 0.522 bits per heavy atom. The van der Waals surface area contributed by atoms with Crippen LogP contribution in [0.2, 0.25) is 0 Å². The number of carbonyl (C=O) groups excluding carboxylic acids is 2. The number of fused-ring (bicyclic) bond motifs is 4. The predicted molar refractivity (Wildman–Crippen MR) is 235 cm³/mol. The highest BCUT2D eigenvalue weighted by Gasteiger charge is 2.33. The normalized spacial score (nSPS) is 12.5. The zero-order chi connectivity index (χ0) is 47.0. The predicted octanol–water partition coefficient (Wildman–Crippen LogP) is 8.81. The van der Waals surface area contributed by atoms with E-state index < -0.39 is 52.9 Å². The summed E-state index contributed by atoms with van der Waals surface area (Å²) in [6.07, 6.45) is 1.49. The van der Waals surface area contributed by atoms with Gasteiger partial charge < -0.3 is 9.80 Å². The van der Waals surface area contributed by atoms with Gasteiger partial charge in [-0.2, -0.15) is 13.2 Å². The molecule has 6 heterocycles. The maximum Gasteiger partial charge on any atom is 0.416 e. The second kappa shape index (κ2) is 17.8. The SMILES string of the molecule is O=C(CN1c2ccccc2Cn2c1nc(-c1ccncc1)cc2=O)c1cc(F)cc(C(F)(F)F)c1.O=C(CN1c2ccccc2Cn2c1nc(-c1ccncc1)cc2=O)c1cc(F)cc(F)c1. The lowest BCUT2D eigenvalue weighted by Gasteiger charge is -2.32. The highest BCUT2D eigenvalue weighted by molar-refractivity contribution is 6.01. The van der Waals surface area contributed by atoms with E-state index in [1.54, 1.807) is 78.2 Å². The van der Waals surface area contributed by atoms with Gasteiger partial charge in [-0.1, -0.05) is 36.4 Å². The smallest absolute Gasteiger partial charge is 0.304 e. The average molecular weight is 911 g/mol. The van der Waals surface area contributed by atoms with Crippen molar-refractivity contribution in [3.8, 4) is 22.5 Å². The van der Waals surface area contributed by atoms with Crippen LogP contribution in [0, 0.1) is 17.5 Å². The second-order valence-corrected chi connectivity index (χ2v) is 15.4. The fourth-order valence-electron chi connectivity index (χ4n) is 7.82. The van der Waals surface area contributed by atoms with Gasteiger partial charge in [0, 0.05) is 76.6 Å². The summed E-state index contributed by atoms with van der Waals surface area (Å²) in [5.74, 6) is -3.66. The Bertz CT molecular complexity index is 3330. The fourth-order valence-corrected chi connectivity index (χ4v) is 7.82. The van der Waals surface area contributed by atoms with Gasteiger partial charge in [0.2, 0.25) is 11.9 Å². The second-order valence-electron chi connectivity index (χ2n) is 15.4. The van der Waals surface area contributed by atoms with Crippen molar-refractivity contribution in [2.75, 3.05) is 22.9 Å². The first-order valence-electron chi connectivity index (χ1n) is 20.4. The largest absolute Gasteiger partial charge is 0.416 e. The number of nitrogens with zero attached hydrogens (tertiary/aromatic N) is 8. The van der Waals surface area contributed by atoms with E-state index in [0.717, 1.165) is 29.3 Å². The first-order chi connectivity index (χ1) is 32.2. The van der Waals surface area contributed by atoms with Crippen molar-refractivity contribution >= 4 is 34.8 Å². The van der Waals surface area contributed by atoms with Gasteiger partial charge in [-0.25, -0.2) is 23.1 Å². The molecular weight excluding hydrogens is 879 g/mol. The van der Waals surface area contributed by atoms with Gasteiger partial charge in [-0.3, -0.25) is 38.3 Å². The van der Waals surface area contributed by atoms with Crippen LogP contribution < -0.4 is 20.9 Å². The van der Waals surface area contributed by atoms with Crippen molar-refractivity contribution < 1.29 is 35.9 Å². The van der Waals surface area contributed by atoms with Gasteiger partial charge in [-0.05, 0) is 77.9 Å². The number of anilines is 4. The Morgan fingerprint density at radius 3 is 1.36 bits per heavy atom. The van der Waals surface area contributed by atoms with Gasteiger partial charge in [0.25, 0.3) is 11.1 Å². The van der Waals surface area contributed by atoms with Crippen LogP contribution in [0.5, 0.6) is 0 Å². The maximum absolute atomic E-state index is 13.9. The number of benzene rings is 4. The lowest BCUT2D eigenvalue weighted by molar-refractivity contribution is -0.137. The number of hydrogen-bond acceptors (Lipinski definition) is 10. The van der Waals surface area contributed by atoms with Crippen LogP contribution in [0.15, 0.2) is 156 Å². The molecule has 334 valence electrons. The fraction of sp³-hybridized carbons (Fsp3) is 0.102. The number of aromatic nitrogens is 6. The molecule has 2 aliphatic heterocycles. The molecular formula is C49H32F6N8O4. The third-order valence-electron chi connectivity index (χ3n) is 11.0. The van der Waals surface area contributed by atoms with Crippen LogP contribution in [-0.2, 0) is 19.3 Å². The van der Waals surface area contributed by atoms with E-state index in [2.05, 4.69) is 19.9 Å². The first kappa shape index (κ1) is 43.7. The highest BCUT2D eigenvalue weighted by atomic mass is 19.4. The summed E-state index contributed by atoms with van der Waals surface area (Å²) in [5, 5.41) is 0. The van der Waals surface area contributed by atoms with E-state index in [-0.39, 0.29) is 41.7 Å². The number of pyridine rings is 2. The van der Waals surface area contributed by atoms with Gasteiger partial charge in [0.05, 0.1) is 43.1 Å².